The summed E-state index contributed by atoms with van der Waals surface area (Å²) in [6.07, 6.45) is 9.46. The van der Waals surface area contributed by atoms with Crippen LogP contribution in [0, 0.1) is 6.92 Å². The minimum Gasteiger partial charge on any atom is -0.356 e. The highest BCUT2D eigenvalue weighted by molar-refractivity contribution is 5.76. The smallest absolute Gasteiger partial charge is 0.220 e. The number of rotatable bonds is 9. The third-order valence-electron chi connectivity index (χ3n) is 5.52. The second-order valence-corrected chi connectivity index (χ2v) is 7.78. The van der Waals surface area contributed by atoms with Gasteiger partial charge in [0.15, 0.2) is 0 Å². The van der Waals surface area contributed by atoms with Crippen molar-refractivity contribution in [3.63, 3.8) is 0 Å². The molecule has 2 amide bonds. The van der Waals surface area contributed by atoms with Gasteiger partial charge in [-0.2, -0.15) is 0 Å². The molecule has 1 aliphatic rings. The first-order valence-corrected chi connectivity index (χ1v) is 10.1. The fraction of sp³-hybridized carbons (Fsp3) is 0.636. The molecule has 0 aliphatic heterocycles. The fourth-order valence-corrected chi connectivity index (χ4v) is 3.98. The number of hydrogen-bond donors (Lipinski definition) is 2. The number of benzene rings is 1. The van der Waals surface area contributed by atoms with Gasteiger partial charge < -0.3 is 10.6 Å². The number of carbonyl (C=O) groups excluding carboxylic acids is 2. The molecule has 26 heavy (non-hydrogen) atoms. The highest BCUT2D eigenvalue weighted by atomic mass is 16.2. The van der Waals surface area contributed by atoms with Crippen LogP contribution in [0.5, 0.6) is 0 Å². The van der Waals surface area contributed by atoms with E-state index in [-0.39, 0.29) is 17.2 Å². The average molecular weight is 359 g/mol. The van der Waals surface area contributed by atoms with Crippen molar-refractivity contribution in [1.29, 1.82) is 0 Å². The summed E-state index contributed by atoms with van der Waals surface area (Å²) in [7, 11) is 0. The van der Waals surface area contributed by atoms with Crippen molar-refractivity contribution in [2.45, 2.75) is 77.0 Å². The van der Waals surface area contributed by atoms with E-state index in [0.717, 1.165) is 38.6 Å². The molecule has 0 bridgehead atoms. The van der Waals surface area contributed by atoms with Crippen LogP contribution >= 0.6 is 0 Å². The van der Waals surface area contributed by atoms with Gasteiger partial charge in [-0.25, -0.2) is 0 Å². The maximum Gasteiger partial charge on any atom is 0.220 e. The van der Waals surface area contributed by atoms with Crippen LogP contribution in [0.4, 0.5) is 0 Å². The minimum absolute atomic E-state index is 0.0108. The zero-order chi connectivity index (χ0) is 18.8. The molecule has 0 spiro atoms. The van der Waals surface area contributed by atoms with Gasteiger partial charge in [-0.1, -0.05) is 55.5 Å². The summed E-state index contributed by atoms with van der Waals surface area (Å²) in [4.78, 5) is 23.1. The quantitative estimate of drug-likeness (QED) is 0.655. The second-order valence-electron chi connectivity index (χ2n) is 7.78. The fourth-order valence-electron chi connectivity index (χ4n) is 3.98. The van der Waals surface area contributed by atoms with Crippen LogP contribution in [0.1, 0.15) is 75.8 Å². The van der Waals surface area contributed by atoms with Gasteiger partial charge in [0.1, 0.15) is 0 Å². The van der Waals surface area contributed by atoms with Gasteiger partial charge in [-0.15, -0.1) is 0 Å². The number of nitrogens with one attached hydrogen (secondary N) is 2. The Labute approximate surface area is 158 Å². The summed E-state index contributed by atoms with van der Waals surface area (Å²) in [5, 5.41) is 6.00. The molecule has 0 saturated heterocycles. The van der Waals surface area contributed by atoms with Crippen LogP contribution in [-0.2, 0) is 15.0 Å². The number of carbonyl (C=O) groups is 2. The van der Waals surface area contributed by atoms with Gasteiger partial charge in [-0.3, -0.25) is 9.59 Å². The van der Waals surface area contributed by atoms with Crippen molar-refractivity contribution in [2.24, 2.45) is 0 Å². The first-order chi connectivity index (χ1) is 12.5. The number of unbranched alkanes of at least 4 members (excludes halogenated alkanes) is 2. The summed E-state index contributed by atoms with van der Waals surface area (Å²) in [5.41, 5.74) is 2.77. The van der Waals surface area contributed by atoms with Gasteiger partial charge in [0, 0.05) is 31.8 Å². The zero-order valence-corrected chi connectivity index (χ0v) is 16.4. The molecular weight excluding hydrogens is 324 g/mol. The second kappa shape index (κ2) is 10.3. The van der Waals surface area contributed by atoms with Crippen molar-refractivity contribution >= 4 is 11.8 Å². The van der Waals surface area contributed by atoms with Crippen molar-refractivity contribution < 1.29 is 9.59 Å². The molecule has 0 atom stereocenters. The maximum absolute atomic E-state index is 12.3. The Bertz CT molecular complexity index is 592. The summed E-state index contributed by atoms with van der Waals surface area (Å²) < 4.78 is 0. The van der Waals surface area contributed by atoms with E-state index in [2.05, 4.69) is 41.8 Å². The van der Waals surface area contributed by atoms with Gasteiger partial charge in [0.05, 0.1) is 0 Å². The highest BCUT2D eigenvalue weighted by Gasteiger charge is 2.34. The van der Waals surface area contributed by atoms with Crippen LogP contribution in [-0.4, -0.2) is 24.9 Å². The summed E-state index contributed by atoms with van der Waals surface area (Å²) in [5.74, 6) is 0.166. The normalized spacial score (nSPS) is 16.1. The monoisotopic (exact) mass is 358 g/mol. The number of hydrogen-bond acceptors (Lipinski definition) is 2. The van der Waals surface area contributed by atoms with Crippen LogP contribution in [0.3, 0.4) is 0 Å². The number of aryl methyl sites for hydroxylation is 1. The molecule has 0 aromatic heterocycles. The lowest BCUT2D eigenvalue weighted by Crippen LogP contribution is -2.42. The average Bonchev–Trinajstić information content (AvgIpc) is 2.63. The van der Waals surface area contributed by atoms with Crippen molar-refractivity contribution in [3.8, 4) is 0 Å². The van der Waals surface area contributed by atoms with Crippen molar-refractivity contribution in [3.05, 3.63) is 35.4 Å². The SMILES string of the molecule is CC(=O)NCCCCCC(=O)NCC1(c2cccc(C)c2)CCCCC1. The van der Waals surface area contributed by atoms with Gasteiger partial charge in [0.25, 0.3) is 0 Å². The lowest BCUT2D eigenvalue weighted by Gasteiger charge is -2.38. The Balaban J connectivity index is 1.80. The Kier molecular flexibility index (Phi) is 8.14. The van der Waals surface area contributed by atoms with E-state index >= 15 is 0 Å². The van der Waals surface area contributed by atoms with Gasteiger partial charge >= 0.3 is 0 Å². The Morgan fingerprint density at radius 2 is 1.81 bits per heavy atom. The molecule has 2 N–H and O–H groups in total. The Morgan fingerprint density at radius 1 is 1.04 bits per heavy atom. The molecule has 1 aromatic carbocycles. The Hall–Kier alpha value is -1.84. The van der Waals surface area contributed by atoms with Crippen molar-refractivity contribution in [2.75, 3.05) is 13.1 Å². The molecule has 1 fully saturated rings. The van der Waals surface area contributed by atoms with Crippen LogP contribution < -0.4 is 10.6 Å². The molecular formula is C22H34N2O2. The summed E-state index contributed by atoms with van der Waals surface area (Å²) in [6.45, 7) is 5.12. The molecule has 4 nitrogen and oxygen atoms in total. The number of amides is 2. The van der Waals surface area contributed by atoms with E-state index in [4.69, 9.17) is 0 Å². The molecule has 1 aliphatic carbocycles. The van der Waals surface area contributed by atoms with Crippen LogP contribution in [0.25, 0.3) is 0 Å². The van der Waals surface area contributed by atoms with E-state index in [1.54, 1.807) is 0 Å². The van der Waals surface area contributed by atoms with Crippen LogP contribution in [0.15, 0.2) is 24.3 Å². The molecule has 4 heteroatoms. The lowest BCUT2D eigenvalue weighted by atomic mass is 9.69. The van der Waals surface area contributed by atoms with Gasteiger partial charge in [-0.05, 0) is 38.2 Å². The third kappa shape index (κ3) is 6.47. The Morgan fingerprint density at radius 3 is 2.50 bits per heavy atom. The van der Waals surface area contributed by atoms with E-state index in [9.17, 15) is 9.59 Å². The largest absolute Gasteiger partial charge is 0.356 e. The molecule has 144 valence electrons. The van der Waals surface area contributed by atoms with E-state index in [1.807, 2.05) is 0 Å². The topological polar surface area (TPSA) is 58.2 Å². The van der Waals surface area contributed by atoms with E-state index in [0.29, 0.717) is 13.0 Å². The van der Waals surface area contributed by atoms with E-state index in [1.165, 1.54) is 37.3 Å². The summed E-state index contributed by atoms with van der Waals surface area (Å²) >= 11 is 0. The predicted octanol–water partition coefficient (Wildman–Crippen LogP) is 4.01. The molecule has 0 unspecified atom stereocenters. The first-order valence-electron chi connectivity index (χ1n) is 10.1. The molecule has 0 heterocycles. The minimum atomic E-state index is 0.0108. The summed E-state index contributed by atoms with van der Waals surface area (Å²) in [6, 6.07) is 8.80. The van der Waals surface area contributed by atoms with Crippen LogP contribution in [0.2, 0.25) is 0 Å². The highest BCUT2D eigenvalue weighted by Crippen LogP contribution is 2.39. The molecule has 2 rings (SSSR count). The first kappa shape index (κ1) is 20.5. The lowest BCUT2D eigenvalue weighted by molar-refractivity contribution is -0.121. The van der Waals surface area contributed by atoms with Gasteiger partial charge in [0.2, 0.25) is 11.8 Å². The standard InChI is InChI=1S/C22H34N2O2/c1-18-10-9-11-20(16-18)22(13-6-4-7-14-22)17-24-21(26)12-5-3-8-15-23-19(2)25/h9-11,16H,3-8,12-15,17H2,1-2H3,(H,23,25)(H,24,26). The maximum atomic E-state index is 12.3. The van der Waals surface area contributed by atoms with Crippen molar-refractivity contribution in [1.82, 2.24) is 10.6 Å². The van der Waals surface area contributed by atoms with E-state index < -0.39 is 0 Å². The molecule has 1 aromatic rings. The molecule has 1 saturated carbocycles. The zero-order valence-electron chi connectivity index (χ0n) is 16.4. The molecule has 0 radical (unpaired) electrons. The third-order valence-corrected chi connectivity index (χ3v) is 5.52. The predicted molar refractivity (Wildman–Crippen MR) is 106 cm³/mol.